The van der Waals surface area contributed by atoms with E-state index in [-0.39, 0.29) is 30.8 Å². The zero-order chi connectivity index (χ0) is 33.6. The summed E-state index contributed by atoms with van der Waals surface area (Å²) in [6, 6.07) is 31.9. The molecule has 2 amide bonds. The molecule has 0 bridgehead atoms. The number of rotatable bonds is 9. The first-order valence-electron chi connectivity index (χ1n) is 17.0. The highest BCUT2D eigenvalue weighted by atomic mass is 16.7. The van der Waals surface area contributed by atoms with Crippen LogP contribution in [-0.2, 0) is 25.6 Å². The van der Waals surface area contributed by atoms with Crippen molar-refractivity contribution in [1.29, 1.82) is 0 Å². The number of aliphatic hydroxyl groups is 1. The molecular formula is C39H43N3O7. The number of hydrogen-bond acceptors (Lipinski definition) is 8. The van der Waals surface area contributed by atoms with Crippen LogP contribution < -0.4 is 15.4 Å². The molecule has 3 saturated heterocycles. The zero-order valence-electron chi connectivity index (χ0n) is 27.6. The Balaban J connectivity index is 1.02. The number of piperidine rings is 1. The van der Waals surface area contributed by atoms with Gasteiger partial charge < -0.3 is 44.3 Å². The molecule has 256 valence electrons. The normalized spacial score (nSPS) is 23.6. The quantitative estimate of drug-likeness (QED) is 0.172. The lowest BCUT2D eigenvalue weighted by Gasteiger charge is -2.44. The van der Waals surface area contributed by atoms with Crippen molar-refractivity contribution >= 4 is 17.4 Å². The molecule has 4 aromatic rings. The Labute approximate surface area is 286 Å². The molecule has 3 aliphatic heterocycles. The van der Waals surface area contributed by atoms with Crippen LogP contribution in [0.2, 0.25) is 0 Å². The minimum Gasteiger partial charge on any atom is -0.457 e. The average Bonchev–Trinajstić information content (AvgIpc) is 3.59. The maximum absolute atomic E-state index is 13.0. The predicted octanol–water partition coefficient (Wildman–Crippen LogP) is 7.25. The number of anilines is 2. The van der Waals surface area contributed by atoms with Crippen LogP contribution in [-0.4, -0.2) is 60.8 Å². The number of para-hydroxylation sites is 1. The summed E-state index contributed by atoms with van der Waals surface area (Å²) in [5.74, 6) is 1.04. The summed E-state index contributed by atoms with van der Waals surface area (Å²) < 4.78 is 31.1. The van der Waals surface area contributed by atoms with Crippen LogP contribution in [0.15, 0.2) is 103 Å². The van der Waals surface area contributed by atoms with E-state index in [1.54, 1.807) is 12.1 Å². The van der Waals surface area contributed by atoms with Crippen molar-refractivity contribution in [2.45, 2.75) is 50.7 Å². The van der Waals surface area contributed by atoms with Gasteiger partial charge in [0.2, 0.25) is 0 Å². The van der Waals surface area contributed by atoms with Gasteiger partial charge in [-0.3, -0.25) is 0 Å². The monoisotopic (exact) mass is 665 g/mol. The highest BCUT2D eigenvalue weighted by Gasteiger charge is 2.43. The molecule has 10 nitrogen and oxygen atoms in total. The van der Waals surface area contributed by atoms with E-state index in [0.29, 0.717) is 30.3 Å². The molecule has 7 rings (SSSR count). The molecule has 4 atom stereocenters. The minimum atomic E-state index is -0.650. The molecule has 4 aromatic carbocycles. The van der Waals surface area contributed by atoms with Gasteiger partial charge in [-0.1, -0.05) is 61.5 Å². The van der Waals surface area contributed by atoms with Crippen molar-refractivity contribution in [3.05, 3.63) is 120 Å². The lowest BCUT2D eigenvalue weighted by molar-refractivity contribution is -0.278. The molecule has 1 spiro atoms. The fourth-order valence-electron chi connectivity index (χ4n) is 6.73. The van der Waals surface area contributed by atoms with Gasteiger partial charge in [0.25, 0.3) is 0 Å². The summed E-state index contributed by atoms with van der Waals surface area (Å²) in [7, 11) is 0. The summed E-state index contributed by atoms with van der Waals surface area (Å²) in [6.45, 7) is 5.95. The summed E-state index contributed by atoms with van der Waals surface area (Å²) in [5, 5.41) is 15.4. The van der Waals surface area contributed by atoms with Gasteiger partial charge in [-0.25, -0.2) is 4.79 Å². The standard InChI is InChI=1S/C39H43N3O7/c1-27-35(25-42-20-18-39(19-21-42)45-22-23-46-39)48-37(49-36(27)29-12-10-28(26-43)11-13-29)30-6-5-7-32(24-30)41-38(44)40-31-14-16-34(17-15-31)47-33-8-3-2-4-9-33/h2-17,24,27,35-37,43H,18-23,25-26H2,1H3,(H2,40,41,44)/t27-,35+,36+,37+/m0/s1. The van der Waals surface area contributed by atoms with Gasteiger partial charge in [0, 0.05) is 55.3 Å². The zero-order valence-corrected chi connectivity index (χ0v) is 27.6. The maximum Gasteiger partial charge on any atom is 0.323 e. The van der Waals surface area contributed by atoms with Crippen molar-refractivity contribution in [1.82, 2.24) is 4.90 Å². The molecule has 3 N–H and O–H groups in total. The summed E-state index contributed by atoms with van der Waals surface area (Å²) in [5.41, 5.74) is 3.93. The van der Waals surface area contributed by atoms with Gasteiger partial charge >= 0.3 is 6.03 Å². The van der Waals surface area contributed by atoms with Gasteiger partial charge in [0.1, 0.15) is 11.5 Å². The molecule has 3 fully saturated rings. The van der Waals surface area contributed by atoms with Crippen LogP contribution in [0.4, 0.5) is 16.2 Å². The number of carbonyl (C=O) groups is 1. The number of likely N-dealkylation sites (tertiary alicyclic amines) is 1. The Morgan fingerprint density at radius 2 is 1.51 bits per heavy atom. The number of hydrogen-bond donors (Lipinski definition) is 3. The molecule has 10 heteroatoms. The second-order valence-electron chi connectivity index (χ2n) is 12.9. The average molecular weight is 666 g/mol. The maximum atomic E-state index is 13.0. The number of nitrogens with zero attached hydrogens (tertiary/aromatic N) is 1. The van der Waals surface area contributed by atoms with E-state index in [1.807, 2.05) is 91.0 Å². The first-order valence-corrected chi connectivity index (χ1v) is 17.0. The number of benzene rings is 4. The van der Waals surface area contributed by atoms with Crippen molar-refractivity contribution in [2.24, 2.45) is 5.92 Å². The van der Waals surface area contributed by atoms with E-state index >= 15 is 0 Å². The van der Waals surface area contributed by atoms with Gasteiger partial charge in [0.05, 0.1) is 32.0 Å². The third-order valence-corrected chi connectivity index (χ3v) is 9.50. The summed E-state index contributed by atoms with van der Waals surface area (Å²) >= 11 is 0. The van der Waals surface area contributed by atoms with E-state index in [0.717, 1.165) is 54.9 Å². The Bertz CT molecular complexity index is 1670. The highest BCUT2D eigenvalue weighted by Crippen LogP contribution is 2.43. The smallest absolute Gasteiger partial charge is 0.323 e. The number of nitrogens with one attached hydrogen (secondary N) is 2. The number of urea groups is 1. The second kappa shape index (κ2) is 15.1. The largest absolute Gasteiger partial charge is 0.457 e. The highest BCUT2D eigenvalue weighted by molar-refractivity contribution is 5.99. The van der Waals surface area contributed by atoms with E-state index in [4.69, 9.17) is 23.7 Å². The van der Waals surface area contributed by atoms with Crippen LogP contribution in [0.25, 0.3) is 0 Å². The van der Waals surface area contributed by atoms with Gasteiger partial charge in [-0.15, -0.1) is 0 Å². The Hall–Kier alpha value is -4.29. The van der Waals surface area contributed by atoms with Crippen LogP contribution in [0.1, 0.15) is 48.8 Å². The number of aliphatic hydroxyl groups excluding tert-OH is 1. The molecule has 0 aromatic heterocycles. The minimum absolute atomic E-state index is 0.0129. The Morgan fingerprint density at radius 3 is 2.22 bits per heavy atom. The third kappa shape index (κ3) is 8.13. The van der Waals surface area contributed by atoms with Crippen molar-refractivity contribution in [2.75, 3.05) is 43.5 Å². The lowest BCUT2D eigenvalue weighted by atomic mass is 9.89. The molecule has 0 saturated carbocycles. The van der Waals surface area contributed by atoms with Gasteiger partial charge in [-0.2, -0.15) is 0 Å². The lowest BCUT2D eigenvalue weighted by Crippen LogP contribution is -2.50. The number of ether oxygens (including phenoxy) is 5. The molecule has 3 aliphatic rings. The van der Waals surface area contributed by atoms with Crippen LogP contribution in [0, 0.1) is 5.92 Å². The van der Waals surface area contributed by atoms with E-state index in [2.05, 4.69) is 22.5 Å². The molecule has 49 heavy (non-hydrogen) atoms. The first kappa shape index (κ1) is 33.2. The van der Waals surface area contributed by atoms with E-state index in [9.17, 15) is 9.90 Å². The van der Waals surface area contributed by atoms with E-state index < -0.39 is 12.1 Å². The SMILES string of the molecule is C[C@H]1[C@@H](CN2CCC3(CC2)OCCO3)O[C@@H](c2cccc(NC(=O)Nc3ccc(Oc4ccccc4)cc3)c2)O[C@H]1c1ccc(CO)cc1. The summed E-state index contributed by atoms with van der Waals surface area (Å²) in [6.07, 6.45) is 0.670. The topological polar surface area (TPSA) is 111 Å². The first-order chi connectivity index (χ1) is 23.9. The molecule has 0 radical (unpaired) electrons. The molecular weight excluding hydrogens is 622 g/mol. The van der Waals surface area contributed by atoms with Crippen molar-refractivity contribution in [3.8, 4) is 11.5 Å². The number of carbonyl (C=O) groups excluding carboxylic acids is 1. The predicted molar refractivity (Wildman–Crippen MR) is 185 cm³/mol. The Morgan fingerprint density at radius 1 is 0.816 bits per heavy atom. The van der Waals surface area contributed by atoms with Crippen LogP contribution >= 0.6 is 0 Å². The van der Waals surface area contributed by atoms with E-state index in [1.165, 1.54) is 0 Å². The second-order valence-corrected chi connectivity index (χ2v) is 12.9. The van der Waals surface area contributed by atoms with Crippen molar-refractivity contribution < 1.29 is 33.6 Å². The Kier molecular flexibility index (Phi) is 10.2. The molecule has 3 heterocycles. The third-order valence-electron chi connectivity index (χ3n) is 9.50. The van der Waals surface area contributed by atoms with Gasteiger partial charge in [-0.05, 0) is 59.7 Å². The summed E-state index contributed by atoms with van der Waals surface area (Å²) in [4.78, 5) is 15.4. The van der Waals surface area contributed by atoms with Gasteiger partial charge in [0.15, 0.2) is 12.1 Å². The number of amides is 2. The molecule has 0 aliphatic carbocycles. The van der Waals surface area contributed by atoms with Crippen molar-refractivity contribution in [3.63, 3.8) is 0 Å². The van der Waals surface area contributed by atoms with Crippen LogP contribution in [0.3, 0.4) is 0 Å². The molecule has 0 unspecified atom stereocenters. The fourth-order valence-corrected chi connectivity index (χ4v) is 6.73. The van der Waals surface area contributed by atoms with Crippen LogP contribution in [0.5, 0.6) is 11.5 Å². The fraction of sp³-hybridized carbons (Fsp3) is 0.359.